The average Bonchev–Trinajstić information content (AvgIpc) is 2.74. The molecule has 2 aromatic heterocycles. The van der Waals surface area contributed by atoms with E-state index in [1.807, 2.05) is 20.0 Å². The van der Waals surface area contributed by atoms with Crippen LogP contribution < -0.4 is 0 Å². The van der Waals surface area contributed by atoms with Gasteiger partial charge in [-0.05, 0) is 41.1 Å². The molecule has 0 saturated carbocycles. The number of carbonyl (C=O) groups is 1. The zero-order valence-corrected chi connectivity index (χ0v) is 10.6. The average molecular weight is 283 g/mol. The van der Waals surface area contributed by atoms with Crippen LogP contribution in [0.4, 0.5) is 0 Å². The van der Waals surface area contributed by atoms with E-state index in [9.17, 15) is 4.79 Å². The maximum absolute atomic E-state index is 11.8. The Labute approximate surface area is 101 Å². The number of hydrogen-bond acceptors (Lipinski definition) is 3. The molecule has 0 spiro atoms. The topological polar surface area (TPSA) is 48.0 Å². The predicted octanol–water partition coefficient (Wildman–Crippen LogP) is 2.51. The minimum absolute atomic E-state index is 0.0475. The van der Waals surface area contributed by atoms with E-state index >= 15 is 0 Å². The standard InChI is InChI=1S/C11H11BrN2O2/c1-7-5-8(14(2)13-7)6-9(15)10-3-4-11(12)16-10/h3-5H,6H2,1-2H3. The predicted molar refractivity (Wildman–Crippen MR) is 62.4 cm³/mol. The van der Waals surface area contributed by atoms with Crippen molar-refractivity contribution in [1.82, 2.24) is 9.78 Å². The Morgan fingerprint density at radius 1 is 1.56 bits per heavy atom. The molecule has 0 radical (unpaired) electrons. The highest BCUT2D eigenvalue weighted by Crippen LogP contribution is 2.16. The Bertz CT molecular complexity index is 528. The van der Waals surface area contributed by atoms with Crippen molar-refractivity contribution in [3.05, 3.63) is 40.0 Å². The number of aromatic nitrogens is 2. The summed E-state index contributed by atoms with van der Waals surface area (Å²) >= 11 is 3.17. The van der Waals surface area contributed by atoms with Gasteiger partial charge in [0.05, 0.1) is 12.1 Å². The van der Waals surface area contributed by atoms with E-state index in [1.54, 1.807) is 16.8 Å². The fraction of sp³-hybridized carbons (Fsp3) is 0.273. The molecule has 0 N–H and O–H groups in total. The van der Waals surface area contributed by atoms with Gasteiger partial charge in [0, 0.05) is 12.7 Å². The van der Waals surface area contributed by atoms with Gasteiger partial charge in [-0.2, -0.15) is 5.10 Å². The number of aryl methyl sites for hydroxylation is 2. The Morgan fingerprint density at radius 2 is 2.31 bits per heavy atom. The molecule has 0 aliphatic rings. The van der Waals surface area contributed by atoms with E-state index in [4.69, 9.17) is 4.42 Å². The lowest BCUT2D eigenvalue weighted by molar-refractivity contribution is 0.0963. The highest BCUT2D eigenvalue weighted by molar-refractivity contribution is 9.10. The molecule has 0 aliphatic heterocycles. The monoisotopic (exact) mass is 282 g/mol. The Hall–Kier alpha value is -1.36. The molecule has 0 unspecified atom stereocenters. The van der Waals surface area contributed by atoms with Gasteiger partial charge in [-0.15, -0.1) is 0 Å². The zero-order chi connectivity index (χ0) is 11.7. The lowest BCUT2D eigenvalue weighted by Crippen LogP contribution is -2.06. The van der Waals surface area contributed by atoms with Gasteiger partial charge in [-0.25, -0.2) is 0 Å². The Morgan fingerprint density at radius 3 is 2.81 bits per heavy atom. The normalized spacial score (nSPS) is 10.7. The SMILES string of the molecule is Cc1cc(CC(=O)c2ccc(Br)o2)n(C)n1. The number of carbonyl (C=O) groups excluding carboxylic acids is 1. The second-order valence-electron chi connectivity index (χ2n) is 3.60. The van der Waals surface area contributed by atoms with Crippen LogP contribution in [0, 0.1) is 6.92 Å². The van der Waals surface area contributed by atoms with Crippen LogP contribution in [-0.2, 0) is 13.5 Å². The van der Waals surface area contributed by atoms with Crippen molar-refractivity contribution >= 4 is 21.7 Å². The minimum atomic E-state index is -0.0475. The summed E-state index contributed by atoms with van der Waals surface area (Å²) in [6, 6.07) is 5.27. The molecule has 84 valence electrons. The number of nitrogens with zero attached hydrogens (tertiary/aromatic N) is 2. The first-order chi connectivity index (χ1) is 7.56. The van der Waals surface area contributed by atoms with Crippen molar-refractivity contribution in [2.75, 3.05) is 0 Å². The van der Waals surface area contributed by atoms with Crippen LogP contribution in [0.3, 0.4) is 0 Å². The summed E-state index contributed by atoms with van der Waals surface area (Å²) in [5, 5.41) is 4.19. The second kappa shape index (κ2) is 4.25. The summed E-state index contributed by atoms with van der Waals surface area (Å²) in [4.78, 5) is 11.8. The molecule has 0 fully saturated rings. The highest BCUT2D eigenvalue weighted by Gasteiger charge is 2.13. The molecule has 0 bridgehead atoms. The van der Waals surface area contributed by atoms with Crippen LogP contribution in [0.2, 0.25) is 0 Å². The molecule has 2 heterocycles. The van der Waals surface area contributed by atoms with E-state index in [0.29, 0.717) is 16.9 Å². The van der Waals surface area contributed by atoms with Crippen LogP contribution in [0.25, 0.3) is 0 Å². The molecule has 2 rings (SSSR count). The summed E-state index contributed by atoms with van der Waals surface area (Å²) in [6.07, 6.45) is 0.303. The van der Waals surface area contributed by atoms with Crippen LogP contribution in [-0.4, -0.2) is 15.6 Å². The van der Waals surface area contributed by atoms with E-state index in [1.165, 1.54) is 0 Å². The van der Waals surface area contributed by atoms with Gasteiger partial charge in [-0.1, -0.05) is 0 Å². The van der Waals surface area contributed by atoms with Gasteiger partial charge in [0.15, 0.2) is 10.4 Å². The van der Waals surface area contributed by atoms with Gasteiger partial charge in [-0.3, -0.25) is 9.48 Å². The Kier molecular flexibility index (Phi) is 2.96. The number of Topliss-reactive ketones (excluding diaryl/α,β-unsaturated/α-hetero) is 1. The van der Waals surface area contributed by atoms with Gasteiger partial charge < -0.3 is 4.42 Å². The Balaban J connectivity index is 2.16. The van der Waals surface area contributed by atoms with Crippen molar-refractivity contribution in [1.29, 1.82) is 0 Å². The molecule has 0 atom stereocenters. The summed E-state index contributed by atoms with van der Waals surface area (Å²) in [5.41, 5.74) is 1.79. The number of halogens is 1. The summed E-state index contributed by atoms with van der Waals surface area (Å²) in [5.74, 6) is 0.319. The molecule has 0 saturated heterocycles. The van der Waals surface area contributed by atoms with Crippen molar-refractivity contribution in [2.45, 2.75) is 13.3 Å². The van der Waals surface area contributed by atoms with Crippen molar-refractivity contribution < 1.29 is 9.21 Å². The van der Waals surface area contributed by atoms with Gasteiger partial charge in [0.2, 0.25) is 5.78 Å². The van der Waals surface area contributed by atoms with Crippen molar-refractivity contribution in [2.24, 2.45) is 7.05 Å². The van der Waals surface area contributed by atoms with Gasteiger partial charge in [0.1, 0.15) is 0 Å². The molecule has 5 heteroatoms. The van der Waals surface area contributed by atoms with Crippen LogP contribution in [0.1, 0.15) is 21.9 Å². The molecular weight excluding hydrogens is 272 g/mol. The molecule has 0 aliphatic carbocycles. The quantitative estimate of drug-likeness (QED) is 0.813. The lowest BCUT2D eigenvalue weighted by atomic mass is 10.2. The first-order valence-corrected chi connectivity index (χ1v) is 5.63. The van der Waals surface area contributed by atoms with Crippen LogP contribution in [0.5, 0.6) is 0 Å². The molecule has 0 amide bonds. The van der Waals surface area contributed by atoms with Crippen LogP contribution >= 0.6 is 15.9 Å². The zero-order valence-electron chi connectivity index (χ0n) is 9.03. The van der Waals surface area contributed by atoms with Crippen molar-refractivity contribution in [3.8, 4) is 0 Å². The molecule has 16 heavy (non-hydrogen) atoms. The fourth-order valence-corrected chi connectivity index (χ4v) is 1.85. The highest BCUT2D eigenvalue weighted by atomic mass is 79.9. The van der Waals surface area contributed by atoms with E-state index in [2.05, 4.69) is 21.0 Å². The molecule has 4 nitrogen and oxygen atoms in total. The number of ketones is 1. The first kappa shape index (κ1) is 11.1. The molecule has 0 aromatic carbocycles. The molecule has 2 aromatic rings. The summed E-state index contributed by atoms with van der Waals surface area (Å²) in [6.45, 7) is 1.90. The molecular formula is C11H11BrN2O2. The van der Waals surface area contributed by atoms with Crippen molar-refractivity contribution in [3.63, 3.8) is 0 Å². The largest absolute Gasteiger partial charge is 0.446 e. The third-order valence-electron chi connectivity index (χ3n) is 2.29. The fourth-order valence-electron chi connectivity index (χ4n) is 1.55. The smallest absolute Gasteiger partial charge is 0.203 e. The summed E-state index contributed by atoms with van der Waals surface area (Å²) < 4.78 is 7.48. The first-order valence-electron chi connectivity index (χ1n) is 4.84. The third-order valence-corrected chi connectivity index (χ3v) is 2.71. The van der Waals surface area contributed by atoms with E-state index in [0.717, 1.165) is 11.4 Å². The second-order valence-corrected chi connectivity index (χ2v) is 4.39. The number of rotatable bonds is 3. The lowest BCUT2D eigenvalue weighted by Gasteiger charge is -1.98. The minimum Gasteiger partial charge on any atom is -0.446 e. The summed E-state index contributed by atoms with van der Waals surface area (Å²) in [7, 11) is 1.83. The van der Waals surface area contributed by atoms with Gasteiger partial charge in [0.25, 0.3) is 0 Å². The maximum atomic E-state index is 11.8. The van der Waals surface area contributed by atoms with E-state index < -0.39 is 0 Å². The number of hydrogen-bond donors (Lipinski definition) is 0. The van der Waals surface area contributed by atoms with Gasteiger partial charge >= 0.3 is 0 Å². The number of furan rings is 1. The third kappa shape index (κ3) is 2.24. The van der Waals surface area contributed by atoms with E-state index in [-0.39, 0.29) is 5.78 Å². The van der Waals surface area contributed by atoms with Crippen LogP contribution in [0.15, 0.2) is 27.3 Å². The maximum Gasteiger partial charge on any atom is 0.203 e.